The summed E-state index contributed by atoms with van der Waals surface area (Å²) in [5, 5.41) is 3.04. The van der Waals surface area contributed by atoms with Crippen LogP contribution >= 0.6 is 0 Å². The lowest BCUT2D eigenvalue weighted by Crippen LogP contribution is -2.07. The van der Waals surface area contributed by atoms with Crippen molar-refractivity contribution in [3.63, 3.8) is 0 Å². The van der Waals surface area contributed by atoms with Crippen molar-refractivity contribution in [1.29, 1.82) is 0 Å². The van der Waals surface area contributed by atoms with E-state index in [0.29, 0.717) is 18.3 Å². The number of benzene rings is 1. The second-order valence-corrected chi connectivity index (χ2v) is 5.16. The van der Waals surface area contributed by atoms with Gasteiger partial charge in [-0.1, -0.05) is 26.0 Å². The van der Waals surface area contributed by atoms with E-state index in [9.17, 15) is 0 Å². The van der Waals surface area contributed by atoms with E-state index in [-0.39, 0.29) is 0 Å². The Hall–Kier alpha value is -1.94. The fraction of sp³-hybridized carbons (Fsp3) is 0.375. The standard InChI is InChI=1S/C16H21N3O/c1-11(2)13-6-5-12(3)15(7-13)20-16-10-18-14(8-17-4)9-19-16/h5-7,9-11,17H,8H2,1-4H3. The van der Waals surface area contributed by atoms with E-state index in [4.69, 9.17) is 4.74 Å². The zero-order valence-electron chi connectivity index (χ0n) is 12.5. The maximum atomic E-state index is 5.84. The van der Waals surface area contributed by atoms with Crippen LogP contribution in [0.25, 0.3) is 0 Å². The third-order valence-electron chi connectivity index (χ3n) is 3.13. The molecule has 2 rings (SSSR count). The van der Waals surface area contributed by atoms with Gasteiger partial charge in [-0.3, -0.25) is 4.98 Å². The minimum Gasteiger partial charge on any atom is -0.437 e. The Kier molecular flexibility index (Phi) is 4.69. The molecule has 4 heteroatoms. The van der Waals surface area contributed by atoms with Crippen LogP contribution in [0.2, 0.25) is 0 Å². The van der Waals surface area contributed by atoms with Crippen molar-refractivity contribution >= 4 is 0 Å². The topological polar surface area (TPSA) is 47.0 Å². The normalized spacial score (nSPS) is 10.8. The Balaban J connectivity index is 2.18. The van der Waals surface area contributed by atoms with Gasteiger partial charge in [-0.15, -0.1) is 0 Å². The van der Waals surface area contributed by atoms with Crippen molar-refractivity contribution in [3.8, 4) is 11.6 Å². The molecule has 0 aliphatic heterocycles. The molecular formula is C16H21N3O. The number of aryl methyl sites for hydroxylation is 1. The second-order valence-electron chi connectivity index (χ2n) is 5.16. The molecule has 2 aromatic rings. The summed E-state index contributed by atoms with van der Waals surface area (Å²) in [4.78, 5) is 8.59. The first kappa shape index (κ1) is 14.5. The molecule has 0 aliphatic carbocycles. The van der Waals surface area contributed by atoms with Crippen molar-refractivity contribution in [2.24, 2.45) is 0 Å². The van der Waals surface area contributed by atoms with Crippen molar-refractivity contribution in [2.75, 3.05) is 7.05 Å². The fourth-order valence-corrected chi connectivity index (χ4v) is 1.87. The van der Waals surface area contributed by atoms with Crippen molar-refractivity contribution in [2.45, 2.75) is 33.2 Å². The maximum Gasteiger partial charge on any atom is 0.237 e. The summed E-state index contributed by atoms with van der Waals surface area (Å²) in [6.07, 6.45) is 3.39. The van der Waals surface area contributed by atoms with Crippen LogP contribution in [0.1, 0.15) is 36.6 Å². The number of hydrogen-bond acceptors (Lipinski definition) is 4. The molecule has 0 amide bonds. The smallest absolute Gasteiger partial charge is 0.237 e. The lowest BCUT2D eigenvalue weighted by Gasteiger charge is -2.12. The number of ether oxygens (including phenoxy) is 1. The number of hydrogen-bond donors (Lipinski definition) is 1. The third kappa shape index (κ3) is 3.54. The SMILES string of the molecule is CNCc1cnc(Oc2cc(C(C)C)ccc2C)cn1. The summed E-state index contributed by atoms with van der Waals surface area (Å²) in [5.41, 5.74) is 3.24. The molecule has 0 saturated heterocycles. The van der Waals surface area contributed by atoms with Gasteiger partial charge in [-0.05, 0) is 37.1 Å². The highest BCUT2D eigenvalue weighted by Crippen LogP contribution is 2.27. The van der Waals surface area contributed by atoms with Gasteiger partial charge in [0.05, 0.1) is 18.1 Å². The highest BCUT2D eigenvalue weighted by atomic mass is 16.5. The monoisotopic (exact) mass is 271 g/mol. The van der Waals surface area contributed by atoms with Crippen LogP contribution in [0.3, 0.4) is 0 Å². The van der Waals surface area contributed by atoms with E-state index >= 15 is 0 Å². The van der Waals surface area contributed by atoms with Crippen LogP contribution in [-0.4, -0.2) is 17.0 Å². The molecule has 0 spiro atoms. The molecule has 20 heavy (non-hydrogen) atoms. The first-order chi connectivity index (χ1) is 9.60. The van der Waals surface area contributed by atoms with Gasteiger partial charge in [0.2, 0.25) is 5.88 Å². The van der Waals surface area contributed by atoms with Crippen LogP contribution in [0.5, 0.6) is 11.6 Å². The van der Waals surface area contributed by atoms with Gasteiger partial charge in [0.25, 0.3) is 0 Å². The van der Waals surface area contributed by atoms with E-state index in [1.165, 1.54) is 5.56 Å². The van der Waals surface area contributed by atoms with E-state index in [2.05, 4.69) is 47.3 Å². The molecule has 1 N–H and O–H groups in total. The predicted octanol–water partition coefficient (Wildman–Crippen LogP) is 3.42. The van der Waals surface area contributed by atoms with E-state index in [1.807, 2.05) is 14.0 Å². The quantitative estimate of drug-likeness (QED) is 0.905. The summed E-state index contributed by atoms with van der Waals surface area (Å²) in [7, 11) is 1.88. The largest absolute Gasteiger partial charge is 0.437 e. The average Bonchev–Trinajstić information content (AvgIpc) is 2.43. The molecule has 0 bridgehead atoms. The summed E-state index contributed by atoms with van der Waals surface area (Å²) in [5.74, 6) is 1.84. The number of rotatable bonds is 5. The van der Waals surface area contributed by atoms with Gasteiger partial charge >= 0.3 is 0 Å². The molecule has 0 atom stereocenters. The lowest BCUT2D eigenvalue weighted by molar-refractivity contribution is 0.454. The van der Waals surface area contributed by atoms with Gasteiger partial charge in [-0.25, -0.2) is 4.98 Å². The summed E-state index contributed by atoms with van der Waals surface area (Å²) in [6, 6.07) is 6.28. The molecule has 0 fully saturated rings. The van der Waals surface area contributed by atoms with Gasteiger partial charge in [-0.2, -0.15) is 0 Å². The molecule has 0 radical (unpaired) electrons. The Morgan fingerprint density at radius 2 is 2.00 bits per heavy atom. The number of nitrogens with one attached hydrogen (secondary N) is 1. The van der Waals surface area contributed by atoms with E-state index in [1.54, 1.807) is 12.4 Å². The molecule has 0 aliphatic rings. The van der Waals surface area contributed by atoms with Gasteiger partial charge in [0, 0.05) is 6.54 Å². The first-order valence-corrected chi connectivity index (χ1v) is 6.84. The molecule has 1 heterocycles. The molecule has 0 unspecified atom stereocenters. The Morgan fingerprint density at radius 1 is 1.20 bits per heavy atom. The minimum atomic E-state index is 0.474. The molecular weight excluding hydrogens is 250 g/mol. The average molecular weight is 271 g/mol. The van der Waals surface area contributed by atoms with Crippen molar-refractivity contribution < 1.29 is 4.74 Å². The van der Waals surface area contributed by atoms with Crippen LogP contribution in [-0.2, 0) is 6.54 Å². The molecule has 1 aromatic carbocycles. The van der Waals surface area contributed by atoms with Crippen LogP contribution in [0.15, 0.2) is 30.6 Å². The highest BCUT2D eigenvalue weighted by molar-refractivity contribution is 5.39. The Labute approximate surface area is 120 Å². The van der Waals surface area contributed by atoms with Crippen molar-refractivity contribution in [1.82, 2.24) is 15.3 Å². The molecule has 4 nitrogen and oxygen atoms in total. The molecule has 106 valence electrons. The predicted molar refractivity (Wildman–Crippen MR) is 80.1 cm³/mol. The van der Waals surface area contributed by atoms with Crippen LogP contribution in [0, 0.1) is 6.92 Å². The Bertz CT molecular complexity index is 564. The zero-order chi connectivity index (χ0) is 14.5. The van der Waals surface area contributed by atoms with Gasteiger partial charge < -0.3 is 10.1 Å². The number of aromatic nitrogens is 2. The second kappa shape index (κ2) is 6.48. The van der Waals surface area contributed by atoms with E-state index < -0.39 is 0 Å². The highest BCUT2D eigenvalue weighted by Gasteiger charge is 2.07. The van der Waals surface area contributed by atoms with Gasteiger partial charge in [0.1, 0.15) is 5.75 Å². The summed E-state index contributed by atoms with van der Waals surface area (Å²) in [6.45, 7) is 7.07. The van der Waals surface area contributed by atoms with Crippen LogP contribution in [0.4, 0.5) is 0 Å². The summed E-state index contributed by atoms with van der Waals surface area (Å²) < 4.78 is 5.84. The van der Waals surface area contributed by atoms with Gasteiger partial charge in [0.15, 0.2) is 0 Å². The third-order valence-corrected chi connectivity index (χ3v) is 3.13. The summed E-state index contributed by atoms with van der Waals surface area (Å²) >= 11 is 0. The lowest BCUT2D eigenvalue weighted by atomic mass is 10.0. The number of nitrogens with zero attached hydrogens (tertiary/aromatic N) is 2. The molecule has 1 aromatic heterocycles. The first-order valence-electron chi connectivity index (χ1n) is 6.84. The Morgan fingerprint density at radius 3 is 2.60 bits per heavy atom. The minimum absolute atomic E-state index is 0.474. The molecule has 0 saturated carbocycles. The van der Waals surface area contributed by atoms with Crippen LogP contribution < -0.4 is 10.1 Å². The fourth-order valence-electron chi connectivity index (χ4n) is 1.87. The zero-order valence-corrected chi connectivity index (χ0v) is 12.5. The van der Waals surface area contributed by atoms with Crippen molar-refractivity contribution in [3.05, 3.63) is 47.4 Å². The van der Waals surface area contributed by atoms with E-state index in [0.717, 1.165) is 17.0 Å². The maximum absolute atomic E-state index is 5.84.